The zero-order valence-corrected chi connectivity index (χ0v) is 31.9. The number of rotatable bonds is 35. The van der Waals surface area contributed by atoms with Gasteiger partial charge in [-0.1, -0.05) is 115 Å². The monoisotopic (exact) mass is 729 g/mol. The van der Waals surface area contributed by atoms with Crippen LogP contribution in [0.25, 0.3) is 0 Å². The highest BCUT2D eigenvalue weighted by atomic mass is 31.2. The van der Waals surface area contributed by atoms with Crippen molar-refractivity contribution < 1.29 is 47.5 Å². The fourth-order valence-electron chi connectivity index (χ4n) is 4.78. The quantitative estimate of drug-likeness (QED) is 0.0246. The second-order valence-corrected chi connectivity index (χ2v) is 14.2. The molecule has 50 heavy (non-hydrogen) atoms. The predicted molar refractivity (Wildman–Crippen MR) is 199 cm³/mol. The minimum absolute atomic E-state index is 0.147. The Morgan fingerprint density at radius 2 is 1.08 bits per heavy atom. The van der Waals surface area contributed by atoms with Crippen LogP contribution in [0.1, 0.15) is 155 Å². The van der Waals surface area contributed by atoms with Gasteiger partial charge in [0.15, 0.2) is 6.10 Å². The molecule has 0 heterocycles. The van der Waals surface area contributed by atoms with E-state index >= 15 is 0 Å². The molecule has 3 atom stereocenters. The second kappa shape index (κ2) is 33.8. The van der Waals surface area contributed by atoms with E-state index in [-0.39, 0.29) is 19.4 Å². The minimum Gasteiger partial charge on any atom is -0.480 e. The van der Waals surface area contributed by atoms with Crippen molar-refractivity contribution in [3.05, 3.63) is 36.5 Å². The highest BCUT2D eigenvalue weighted by molar-refractivity contribution is 7.47. The Morgan fingerprint density at radius 1 is 0.620 bits per heavy atom. The van der Waals surface area contributed by atoms with Gasteiger partial charge in [-0.05, 0) is 64.2 Å². The molecule has 0 aromatic carbocycles. The summed E-state index contributed by atoms with van der Waals surface area (Å²) in [6.07, 6.45) is 33.6. The van der Waals surface area contributed by atoms with E-state index in [1.165, 1.54) is 32.1 Å². The van der Waals surface area contributed by atoms with E-state index < -0.39 is 51.1 Å². The van der Waals surface area contributed by atoms with E-state index in [1.807, 2.05) is 0 Å². The van der Waals surface area contributed by atoms with E-state index in [2.05, 4.69) is 54.8 Å². The molecule has 0 amide bonds. The third-order valence-electron chi connectivity index (χ3n) is 7.86. The Kier molecular flexibility index (Phi) is 32.3. The average Bonchev–Trinajstić information content (AvgIpc) is 3.09. The summed E-state index contributed by atoms with van der Waals surface area (Å²) in [5.41, 5.74) is 5.31. The number of phosphoric acid groups is 1. The lowest BCUT2D eigenvalue weighted by molar-refractivity contribution is -0.161. The zero-order chi connectivity index (χ0) is 37.1. The van der Waals surface area contributed by atoms with Gasteiger partial charge in [0.2, 0.25) is 0 Å². The third-order valence-corrected chi connectivity index (χ3v) is 8.81. The molecule has 0 saturated carbocycles. The van der Waals surface area contributed by atoms with E-state index in [0.717, 1.165) is 83.5 Å². The smallest absolute Gasteiger partial charge is 0.472 e. The lowest BCUT2D eigenvalue weighted by atomic mass is 10.1. The Balaban J connectivity index is 4.48. The van der Waals surface area contributed by atoms with Crippen molar-refractivity contribution in [2.24, 2.45) is 5.73 Å². The minimum atomic E-state index is -4.71. The van der Waals surface area contributed by atoms with Gasteiger partial charge in [0.25, 0.3) is 0 Å². The Hall–Kier alpha value is -2.30. The molecule has 0 bridgehead atoms. The predicted octanol–water partition coefficient (Wildman–Crippen LogP) is 9.28. The van der Waals surface area contributed by atoms with Crippen LogP contribution in [0.2, 0.25) is 0 Å². The SMILES string of the molecule is CCCC/C=C\C/C=C\CCCCCCCC(=O)OC[C@H](COP(=O)(O)OC[C@H](N)C(=O)O)OC(=O)CCCCCCC/C=C\CCCCC. The number of aliphatic carboxylic acids is 1. The Morgan fingerprint density at radius 3 is 1.64 bits per heavy atom. The molecule has 0 aliphatic rings. The van der Waals surface area contributed by atoms with Gasteiger partial charge in [-0.2, -0.15) is 0 Å². The van der Waals surface area contributed by atoms with Crippen LogP contribution in [0, 0.1) is 0 Å². The molecule has 0 aliphatic heterocycles. The number of carbonyl (C=O) groups is 3. The first kappa shape index (κ1) is 47.7. The number of hydrogen-bond acceptors (Lipinski definition) is 9. The molecule has 11 nitrogen and oxygen atoms in total. The molecule has 0 rings (SSSR count). The first-order chi connectivity index (χ1) is 24.1. The fraction of sp³-hybridized carbons (Fsp3) is 0.763. The molecule has 0 aliphatic carbocycles. The topological polar surface area (TPSA) is 172 Å². The maximum Gasteiger partial charge on any atom is 0.472 e. The normalized spacial score (nSPS) is 14.3. The van der Waals surface area contributed by atoms with Crippen LogP contribution >= 0.6 is 7.82 Å². The van der Waals surface area contributed by atoms with Gasteiger partial charge in [-0.15, -0.1) is 0 Å². The second-order valence-electron chi connectivity index (χ2n) is 12.7. The number of carboxylic acid groups (broad SMARTS) is 1. The first-order valence-corrected chi connectivity index (χ1v) is 20.5. The summed E-state index contributed by atoms with van der Waals surface area (Å²) in [5, 5.41) is 8.85. The van der Waals surface area contributed by atoms with Gasteiger partial charge >= 0.3 is 25.7 Å². The zero-order valence-electron chi connectivity index (χ0n) is 31.0. The fourth-order valence-corrected chi connectivity index (χ4v) is 5.56. The van der Waals surface area contributed by atoms with Gasteiger partial charge < -0.3 is 25.2 Å². The molecule has 0 spiro atoms. The molecule has 290 valence electrons. The summed E-state index contributed by atoms with van der Waals surface area (Å²) in [6.45, 7) is 2.69. The molecule has 0 aromatic heterocycles. The summed E-state index contributed by atoms with van der Waals surface area (Å²) in [6, 6.07) is -1.52. The maximum atomic E-state index is 12.5. The van der Waals surface area contributed by atoms with E-state index in [9.17, 15) is 23.8 Å². The largest absolute Gasteiger partial charge is 0.480 e. The van der Waals surface area contributed by atoms with Crippen molar-refractivity contribution in [1.29, 1.82) is 0 Å². The van der Waals surface area contributed by atoms with Crippen molar-refractivity contribution in [2.75, 3.05) is 19.8 Å². The number of allylic oxidation sites excluding steroid dienone is 6. The van der Waals surface area contributed by atoms with Crippen LogP contribution in [0.4, 0.5) is 0 Å². The number of esters is 2. The maximum absolute atomic E-state index is 12.5. The van der Waals surface area contributed by atoms with Crippen molar-refractivity contribution in [2.45, 2.75) is 167 Å². The molecule has 0 saturated heterocycles. The van der Waals surface area contributed by atoms with E-state index in [1.54, 1.807) is 0 Å². The first-order valence-electron chi connectivity index (χ1n) is 19.0. The molecule has 0 fully saturated rings. The average molecular weight is 730 g/mol. The van der Waals surface area contributed by atoms with Crippen molar-refractivity contribution >= 4 is 25.7 Å². The molecule has 0 radical (unpaired) electrons. The third kappa shape index (κ3) is 32.9. The van der Waals surface area contributed by atoms with Gasteiger partial charge in [0, 0.05) is 12.8 Å². The molecular formula is C38H68NO10P. The van der Waals surface area contributed by atoms with Crippen LogP contribution in [0.15, 0.2) is 36.5 Å². The molecule has 12 heteroatoms. The van der Waals surface area contributed by atoms with Gasteiger partial charge in [-0.3, -0.25) is 23.4 Å². The summed E-state index contributed by atoms with van der Waals surface area (Å²) >= 11 is 0. The van der Waals surface area contributed by atoms with Crippen molar-refractivity contribution in [3.8, 4) is 0 Å². The van der Waals surface area contributed by atoms with E-state index in [0.29, 0.717) is 12.8 Å². The number of carbonyl (C=O) groups excluding carboxylic acids is 2. The van der Waals surface area contributed by atoms with Gasteiger partial charge in [0.05, 0.1) is 13.2 Å². The van der Waals surface area contributed by atoms with Crippen LogP contribution in [-0.2, 0) is 37.5 Å². The number of phosphoric ester groups is 1. The number of ether oxygens (including phenoxy) is 2. The standard InChI is InChI=1S/C38H68NO10P/c1-3-5-7-9-11-13-15-17-18-20-21-23-25-27-29-36(40)46-31-34(32-47-50(44,45)48-33-35(39)38(42)43)49-37(41)30-28-26-24-22-19-16-14-12-10-8-6-4-2/h9,11-12,14-15,17,34-35H,3-8,10,13,16,18-33,39H2,1-2H3,(H,42,43)(H,44,45)/b11-9-,14-12-,17-15-/t34-,35+/m1/s1. The highest BCUT2D eigenvalue weighted by Gasteiger charge is 2.28. The highest BCUT2D eigenvalue weighted by Crippen LogP contribution is 2.43. The van der Waals surface area contributed by atoms with Crippen molar-refractivity contribution in [1.82, 2.24) is 0 Å². The summed E-state index contributed by atoms with van der Waals surface area (Å²) < 4.78 is 32.5. The molecule has 0 aromatic rings. The van der Waals surface area contributed by atoms with Crippen molar-refractivity contribution in [3.63, 3.8) is 0 Å². The number of hydrogen-bond donors (Lipinski definition) is 3. The number of unbranched alkanes of at least 4 members (excludes halogenated alkanes) is 15. The van der Waals surface area contributed by atoms with Crippen LogP contribution < -0.4 is 5.73 Å². The van der Waals surface area contributed by atoms with Gasteiger partial charge in [0.1, 0.15) is 12.6 Å². The van der Waals surface area contributed by atoms with E-state index in [4.69, 9.17) is 24.8 Å². The number of nitrogens with two attached hydrogens (primary N) is 1. The lowest BCUT2D eigenvalue weighted by Gasteiger charge is -2.20. The van der Waals surface area contributed by atoms with Crippen LogP contribution in [0.5, 0.6) is 0 Å². The van der Waals surface area contributed by atoms with Gasteiger partial charge in [-0.25, -0.2) is 4.57 Å². The van der Waals surface area contributed by atoms with Crippen LogP contribution in [0.3, 0.4) is 0 Å². The molecule has 4 N–H and O–H groups in total. The lowest BCUT2D eigenvalue weighted by Crippen LogP contribution is -2.34. The number of carboxylic acids is 1. The Bertz CT molecular complexity index is 1000. The van der Waals surface area contributed by atoms with Crippen LogP contribution in [-0.4, -0.2) is 59.9 Å². The summed E-state index contributed by atoms with van der Waals surface area (Å²) in [5.74, 6) is -2.41. The Labute approximate surface area is 302 Å². The molecular weight excluding hydrogens is 661 g/mol. The summed E-state index contributed by atoms with van der Waals surface area (Å²) in [4.78, 5) is 45.7. The summed E-state index contributed by atoms with van der Waals surface area (Å²) in [7, 11) is -4.71. The molecule has 1 unspecified atom stereocenters.